The summed E-state index contributed by atoms with van der Waals surface area (Å²) < 4.78 is 34.2. The molecule has 19 nitrogen and oxygen atoms in total. The zero-order valence-electron chi connectivity index (χ0n) is 57.3. The third-order valence-corrected chi connectivity index (χ3v) is 16.2. The fourth-order valence-electron chi connectivity index (χ4n) is 10.5. The fourth-order valence-corrected chi connectivity index (χ4v) is 10.5. The predicted molar refractivity (Wildman–Crippen MR) is 378 cm³/mol. The fraction of sp³-hybridized carbons (Fsp3) is 0.623. The smallest absolute Gasteiger partial charge is 0.220 e. The maximum absolute atomic E-state index is 13.3. The number of nitrogens with one attached hydrogen (secondary N) is 1. The van der Waals surface area contributed by atoms with Crippen molar-refractivity contribution in [2.75, 3.05) is 26.4 Å². The lowest BCUT2D eigenvalue weighted by molar-refractivity contribution is -0.379. The van der Waals surface area contributed by atoms with Gasteiger partial charge in [-0.3, -0.25) is 4.79 Å². The number of allylic oxidation sites excluding steroid dienone is 27. The van der Waals surface area contributed by atoms with E-state index < -0.39 is 124 Å². The number of aliphatic hydroxyl groups is 11. The van der Waals surface area contributed by atoms with Crippen molar-refractivity contribution in [1.29, 1.82) is 0 Å². The quantitative estimate of drug-likeness (QED) is 0.0199. The number of carbonyl (C=O) groups is 1. The Morgan fingerprint density at radius 3 is 1.16 bits per heavy atom. The maximum atomic E-state index is 13.3. The molecule has 12 N–H and O–H groups in total. The van der Waals surface area contributed by atoms with Crippen LogP contribution in [-0.4, -0.2) is 193 Å². The maximum Gasteiger partial charge on any atom is 0.220 e. The van der Waals surface area contributed by atoms with Crippen LogP contribution in [0.3, 0.4) is 0 Å². The van der Waals surface area contributed by atoms with E-state index in [0.717, 1.165) is 122 Å². The first-order valence-electron chi connectivity index (χ1n) is 35.4. The van der Waals surface area contributed by atoms with Crippen LogP contribution in [0.15, 0.2) is 170 Å². The van der Waals surface area contributed by atoms with Gasteiger partial charge in [0.1, 0.15) is 73.2 Å². The third-order valence-electron chi connectivity index (χ3n) is 16.2. The molecule has 3 fully saturated rings. The molecule has 19 heteroatoms. The first-order chi connectivity index (χ1) is 46.8. The molecule has 96 heavy (non-hydrogen) atoms. The highest BCUT2D eigenvalue weighted by Gasteiger charge is 2.53. The Morgan fingerprint density at radius 2 is 0.729 bits per heavy atom. The van der Waals surface area contributed by atoms with E-state index in [1.54, 1.807) is 6.08 Å². The molecule has 3 aliphatic rings. The van der Waals surface area contributed by atoms with Crippen molar-refractivity contribution < 1.29 is 89.4 Å². The van der Waals surface area contributed by atoms with Crippen LogP contribution in [0.4, 0.5) is 0 Å². The van der Waals surface area contributed by atoms with E-state index in [1.165, 1.54) is 19.3 Å². The van der Waals surface area contributed by atoms with Crippen LogP contribution in [0.1, 0.15) is 174 Å². The molecule has 0 aromatic heterocycles. The average molecular weight is 1350 g/mol. The van der Waals surface area contributed by atoms with Gasteiger partial charge in [0.25, 0.3) is 0 Å². The number of aliphatic hydroxyl groups excluding tert-OH is 11. The van der Waals surface area contributed by atoms with Crippen molar-refractivity contribution in [1.82, 2.24) is 5.32 Å². The molecule has 0 saturated carbocycles. The van der Waals surface area contributed by atoms with Gasteiger partial charge in [-0.25, -0.2) is 0 Å². The molecular formula is C77H121NO18. The van der Waals surface area contributed by atoms with Gasteiger partial charge in [-0.2, -0.15) is 0 Å². The van der Waals surface area contributed by atoms with E-state index >= 15 is 0 Å². The summed E-state index contributed by atoms with van der Waals surface area (Å²) in [7, 11) is 0. The standard InChI is InChI=1S/C77H121NO18/c1-3-5-7-9-11-13-15-16-17-18-19-20-21-22-23-24-25-26-27-28-29-30-31-32-33-34-35-36-37-38-39-40-41-42-43-44-45-47-49-51-53-55-65(83)78-60(61(82)54-52-50-48-46-14-12-10-8-6-4-2)59-91-75-71(89)68(86)73(63(57-80)93-75)96-77-72(90)69(87)74(64(58-81)94-77)95-76-70(88)67(85)66(84)62(56-79)92-76/h5,7,11,13-14,16-17,19-20,22-23,25-26,28-29,31-32,34-35,37-38,40-41,43-44,46,52,54,60-64,66-77,79-82,84-90H,3-4,6,8-10,12,15,18,21,24,27,30,33,36,39,42,45,47-51,53,55-59H2,1-2H3,(H,78,83)/b7-5-,13-11-,17-16-,20-19-,23-22-,26-25-,29-28-,32-31-,35-34-,38-37-,41-40-,44-43-,46-14+,54-52+. The van der Waals surface area contributed by atoms with Gasteiger partial charge in [-0.15, -0.1) is 0 Å². The van der Waals surface area contributed by atoms with Crippen molar-refractivity contribution in [3.8, 4) is 0 Å². The molecule has 3 saturated heterocycles. The summed E-state index contributed by atoms with van der Waals surface area (Å²) in [4.78, 5) is 13.3. The van der Waals surface area contributed by atoms with Gasteiger partial charge in [0, 0.05) is 6.42 Å². The molecule has 1 amide bonds. The number of amides is 1. The summed E-state index contributed by atoms with van der Waals surface area (Å²) in [6, 6.07) is -1.01. The Bertz CT molecular complexity index is 2400. The molecular weight excluding hydrogens is 1230 g/mol. The minimum absolute atomic E-state index is 0.193. The van der Waals surface area contributed by atoms with Crippen LogP contribution in [0, 0.1) is 0 Å². The minimum atomic E-state index is -1.99. The van der Waals surface area contributed by atoms with Crippen LogP contribution in [0.5, 0.6) is 0 Å². The highest BCUT2D eigenvalue weighted by Crippen LogP contribution is 2.33. The average Bonchev–Trinajstić information content (AvgIpc) is 0.849. The number of ether oxygens (including phenoxy) is 6. The van der Waals surface area contributed by atoms with Gasteiger partial charge in [-0.1, -0.05) is 216 Å². The lowest BCUT2D eigenvalue weighted by Crippen LogP contribution is -2.66. The van der Waals surface area contributed by atoms with Crippen molar-refractivity contribution in [3.63, 3.8) is 0 Å². The first-order valence-corrected chi connectivity index (χ1v) is 35.4. The lowest BCUT2D eigenvalue weighted by atomic mass is 9.96. The molecule has 542 valence electrons. The molecule has 0 aromatic carbocycles. The largest absolute Gasteiger partial charge is 0.394 e. The van der Waals surface area contributed by atoms with Crippen LogP contribution in [-0.2, 0) is 33.2 Å². The van der Waals surface area contributed by atoms with Gasteiger partial charge in [0.05, 0.1) is 38.6 Å². The predicted octanol–water partition coefficient (Wildman–Crippen LogP) is 9.88. The molecule has 17 atom stereocenters. The molecule has 0 spiro atoms. The highest BCUT2D eigenvalue weighted by molar-refractivity contribution is 5.76. The van der Waals surface area contributed by atoms with Crippen molar-refractivity contribution in [3.05, 3.63) is 170 Å². The monoisotopic (exact) mass is 1350 g/mol. The van der Waals surface area contributed by atoms with E-state index in [2.05, 4.69) is 177 Å². The van der Waals surface area contributed by atoms with E-state index in [9.17, 15) is 61.0 Å². The minimum Gasteiger partial charge on any atom is -0.394 e. The van der Waals surface area contributed by atoms with E-state index in [4.69, 9.17) is 28.4 Å². The SMILES string of the molecule is CC/C=C\C/C=C\C/C=C\C/C=C\C/C=C\C/C=C\C/C=C\C/C=C\C/C=C\C/C=C\C/C=C\C/C=C\CCCCCCC(=O)NC(COC1OC(CO)C(OC2OC(CO)C(OC3OC(CO)C(O)C(O)C3O)C(O)C2O)C(O)C1O)C(O)/C=C/CC/C=C/CCCCCC. The number of carbonyl (C=O) groups excluding carboxylic acids is 1. The van der Waals surface area contributed by atoms with Gasteiger partial charge >= 0.3 is 0 Å². The Morgan fingerprint density at radius 1 is 0.385 bits per heavy atom. The van der Waals surface area contributed by atoms with E-state index in [0.29, 0.717) is 12.8 Å². The summed E-state index contributed by atoms with van der Waals surface area (Å²) in [5.74, 6) is -0.321. The summed E-state index contributed by atoms with van der Waals surface area (Å²) in [6.45, 7) is 1.48. The number of unbranched alkanes of at least 4 members (excludes halogenated alkanes) is 9. The molecule has 3 aliphatic heterocycles. The van der Waals surface area contributed by atoms with E-state index in [-0.39, 0.29) is 18.9 Å². The summed E-state index contributed by atoms with van der Waals surface area (Å²) in [6.07, 6.45) is 56.5. The highest BCUT2D eigenvalue weighted by atomic mass is 16.8. The Kier molecular flexibility index (Phi) is 49.8. The van der Waals surface area contributed by atoms with Crippen LogP contribution in [0.2, 0.25) is 0 Å². The summed E-state index contributed by atoms with van der Waals surface area (Å²) >= 11 is 0. The van der Waals surface area contributed by atoms with Crippen molar-refractivity contribution in [2.45, 2.75) is 279 Å². The summed E-state index contributed by atoms with van der Waals surface area (Å²) in [5.41, 5.74) is 0. The van der Waals surface area contributed by atoms with Crippen molar-refractivity contribution >= 4 is 5.91 Å². The number of rotatable bonds is 51. The zero-order chi connectivity index (χ0) is 69.6. The molecule has 3 heterocycles. The number of hydrogen-bond donors (Lipinski definition) is 12. The van der Waals surface area contributed by atoms with Crippen LogP contribution in [0.25, 0.3) is 0 Å². The molecule has 0 aromatic rings. The zero-order valence-corrected chi connectivity index (χ0v) is 57.3. The second-order valence-electron chi connectivity index (χ2n) is 24.2. The van der Waals surface area contributed by atoms with Gasteiger partial charge in [0.2, 0.25) is 5.91 Å². The second kappa shape index (κ2) is 56.0. The summed E-state index contributed by atoms with van der Waals surface area (Å²) in [5, 5.41) is 120. The molecule has 0 aliphatic carbocycles. The van der Waals surface area contributed by atoms with Gasteiger partial charge in [-0.05, 0) is 122 Å². The van der Waals surface area contributed by atoms with Crippen LogP contribution < -0.4 is 5.32 Å². The topological polar surface area (TPSA) is 307 Å². The van der Waals surface area contributed by atoms with Gasteiger partial charge in [0.15, 0.2) is 18.9 Å². The third kappa shape index (κ3) is 36.8. The normalized spacial score (nSPS) is 28.1. The lowest BCUT2D eigenvalue weighted by Gasteiger charge is -2.48. The van der Waals surface area contributed by atoms with Gasteiger partial charge < -0.3 is 89.9 Å². The van der Waals surface area contributed by atoms with Crippen molar-refractivity contribution in [2.24, 2.45) is 0 Å². The first kappa shape index (κ1) is 85.4. The van der Waals surface area contributed by atoms with E-state index in [1.807, 2.05) is 6.08 Å². The second-order valence-corrected chi connectivity index (χ2v) is 24.2. The molecule has 0 radical (unpaired) electrons. The Balaban J connectivity index is 1.34. The number of hydrogen-bond acceptors (Lipinski definition) is 18. The Labute approximate surface area is 573 Å². The molecule has 17 unspecified atom stereocenters. The van der Waals surface area contributed by atoms with Crippen LogP contribution >= 0.6 is 0 Å². The molecule has 0 bridgehead atoms. The Hall–Kier alpha value is -4.85. The molecule has 3 rings (SSSR count).